The van der Waals surface area contributed by atoms with Gasteiger partial charge in [0.25, 0.3) is 0 Å². The molecule has 1 spiro atoms. The third-order valence-corrected chi connectivity index (χ3v) is 5.56. The van der Waals surface area contributed by atoms with E-state index in [-0.39, 0.29) is 0 Å². The molecular weight excluding hydrogens is 258 g/mol. The van der Waals surface area contributed by atoms with Gasteiger partial charge in [-0.25, -0.2) is 0 Å². The molecule has 0 saturated heterocycles. The minimum atomic E-state index is 0.409. The van der Waals surface area contributed by atoms with Crippen LogP contribution in [0.5, 0.6) is 5.75 Å². The Balaban J connectivity index is 1.71. The van der Waals surface area contributed by atoms with Gasteiger partial charge in [0.2, 0.25) is 0 Å². The van der Waals surface area contributed by atoms with Crippen LogP contribution in [0.4, 0.5) is 0 Å². The van der Waals surface area contributed by atoms with Gasteiger partial charge in [0, 0.05) is 17.9 Å². The van der Waals surface area contributed by atoms with E-state index in [1.807, 2.05) is 0 Å². The molecule has 2 unspecified atom stereocenters. The van der Waals surface area contributed by atoms with Crippen LogP contribution in [0.15, 0.2) is 18.2 Å². The van der Waals surface area contributed by atoms with Crippen LogP contribution in [0.2, 0.25) is 0 Å². The van der Waals surface area contributed by atoms with Gasteiger partial charge >= 0.3 is 0 Å². The predicted molar refractivity (Wildman–Crippen MR) is 87.9 cm³/mol. The summed E-state index contributed by atoms with van der Waals surface area (Å²) in [4.78, 5) is 0. The minimum absolute atomic E-state index is 0.409. The number of nitrogens with one attached hydrogen (secondary N) is 1. The van der Waals surface area contributed by atoms with Crippen molar-refractivity contribution in [1.29, 1.82) is 0 Å². The first kappa shape index (κ1) is 14.9. The number of hydrogen-bond acceptors (Lipinski definition) is 2. The lowest BCUT2D eigenvalue weighted by Gasteiger charge is -2.54. The van der Waals surface area contributed by atoms with E-state index in [1.165, 1.54) is 49.7 Å². The van der Waals surface area contributed by atoms with Gasteiger partial charge < -0.3 is 10.1 Å². The highest BCUT2D eigenvalue weighted by molar-refractivity contribution is 5.36. The maximum Gasteiger partial charge on any atom is 0.122 e. The van der Waals surface area contributed by atoms with Gasteiger partial charge in [-0.3, -0.25) is 0 Å². The molecule has 3 rings (SSSR count). The average Bonchev–Trinajstić information content (AvgIpc) is 2.96. The number of hydrogen-bond donors (Lipinski definition) is 1. The molecule has 2 saturated carbocycles. The Bertz CT molecular complexity index is 490. The lowest BCUT2D eigenvalue weighted by molar-refractivity contribution is -0.0762. The fourth-order valence-electron chi connectivity index (χ4n) is 4.31. The third-order valence-electron chi connectivity index (χ3n) is 5.56. The van der Waals surface area contributed by atoms with Crippen molar-refractivity contribution in [3.8, 4) is 5.75 Å². The zero-order valence-corrected chi connectivity index (χ0v) is 13.7. The maximum atomic E-state index is 6.44. The van der Waals surface area contributed by atoms with E-state index in [4.69, 9.17) is 4.74 Å². The van der Waals surface area contributed by atoms with Gasteiger partial charge in [0.1, 0.15) is 11.9 Å². The minimum Gasteiger partial charge on any atom is -0.489 e. The lowest BCUT2D eigenvalue weighted by atomic mass is 9.60. The summed E-state index contributed by atoms with van der Waals surface area (Å²) in [5, 5.41) is 3.76. The number of aryl methyl sites for hydroxylation is 2. The Hall–Kier alpha value is -1.02. The Kier molecular flexibility index (Phi) is 4.26. The van der Waals surface area contributed by atoms with Crippen molar-refractivity contribution in [3.63, 3.8) is 0 Å². The summed E-state index contributed by atoms with van der Waals surface area (Å²) in [5.41, 5.74) is 2.99. The van der Waals surface area contributed by atoms with Gasteiger partial charge in [-0.1, -0.05) is 37.5 Å². The second-order valence-electron chi connectivity index (χ2n) is 7.06. The van der Waals surface area contributed by atoms with Crippen LogP contribution in [0.25, 0.3) is 0 Å². The fourth-order valence-corrected chi connectivity index (χ4v) is 4.31. The van der Waals surface area contributed by atoms with Crippen LogP contribution in [0, 0.1) is 19.3 Å². The molecule has 0 heterocycles. The Morgan fingerprint density at radius 1 is 1.24 bits per heavy atom. The molecule has 0 aliphatic heterocycles. The van der Waals surface area contributed by atoms with Crippen LogP contribution >= 0.6 is 0 Å². The van der Waals surface area contributed by atoms with E-state index in [2.05, 4.69) is 44.3 Å². The summed E-state index contributed by atoms with van der Waals surface area (Å²) in [5.74, 6) is 1.09. The van der Waals surface area contributed by atoms with Gasteiger partial charge in [0.15, 0.2) is 0 Å². The maximum absolute atomic E-state index is 6.44. The van der Waals surface area contributed by atoms with Crippen LogP contribution < -0.4 is 10.1 Å². The molecule has 2 aliphatic carbocycles. The predicted octanol–water partition coefficient (Wildman–Crippen LogP) is 4.38. The van der Waals surface area contributed by atoms with Crippen molar-refractivity contribution in [2.45, 2.75) is 71.4 Å². The normalized spacial score (nSPS) is 26.8. The Morgan fingerprint density at radius 3 is 2.67 bits per heavy atom. The molecule has 2 nitrogen and oxygen atoms in total. The van der Waals surface area contributed by atoms with Crippen molar-refractivity contribution in [2.24, 2.45) is 5.41 Å². The number of benzene rings is 1. The number of rotatable bonds is 5. The van der Waals surface area contributed by atoms with Crippen LogP contribution in [-0.2, 0) is 0 Å². The first-order chi connectivity index (χ1) is 10.2. The molecule has 2 atom stereocenters. The van der Waals surface area contributed by atoms with Crippen LogP contribution in [0.3, 0.4) is 0 Å². The summed E-state index contributed by atoms with van der Waals surface area (Å²) in [6.45, 7) is 7.69. The summed E-state index contributed by atoms with van der Waals surface area (Å²) in [6.07, 6.45) is 8.22. The van der Waals surface area contributed by atoms with E-state index in [9.17, 15) is 0 Å². The highest BCUT2D eigenvalue weighted by Gasteiger charge is 2.57. The summed E-state index contributed by atoms with van der Waals surface area (Å²) in [6, 6.07) is 7.22. The molecule has 0 aromatic heterocycles. The van der Waals surface area contributed by atoms with Crippen molar-refractivity contribution in [2.75, 3.05) is 6.54 Å². The zero-order chi connectivity index (χ0) is 14.9. The second kappa shape index (κ2) is 6.00. The van der Waals surface area contributed by atoms with Crippen molar-refractivity contribution in [3.05, 3.63) is 29.3 Å². The average molecular weight is 287 g/mol. The SMILES string of the molecule is CCCNC1CC(Oc2ccc(C)cc2C)C12CCCC2. The Labute approximate surface area is 129 Å². The van der Waals surface area contributed by atoms with Gasteiger partial charge in [0.05, 0.1) is 0 Å². The molecule has 2 fully saturated rings. The molecule has 0 radical (unpaired) electrons. The zero-order valence-electron chi connectivity index (χ0n) is 13.7. The van der Waals surface area contributed by atoms with Crippen LogP contribution in [0.1, 0.15) is 56.6 Å². The standard InChI is InChI=1S/C19H29NO/c1-4-11-20-17-13-18(19(17)9-5-6-10-19)21-16-8-7-14(2)12-15(16)3/h7-8,12,17-18,20H,4-6,9-11,13H2,1-3H3. The summed E-state index contributed by atoms with van der Waals surface area (Å²) in [7, 11) is 0. The second-order valence-corrected chi connectivity index (χ2v) is 7.06. The summed E-state index contributed by atoms with van der Waals surface area (Å²) >= 11 is 0. The molecule has 2 heteroatoms. The lowest BCUT2D eigenvalue weighted by Crippen LogP contribution is -2.63. The quantitative estimate of drug-likeness (QED) is 0.867. The first-order valence-corrected chi connectivity index (χ1v) is 8.63. The van der Waals surface area contributed by atoms with E-state index in [0.717, 1.165) is 12.3 Å². The van der Waals surface area contributed by atoms with Gasteiger partial charge in [-0.2, -0.15) is 0 Å². The monoisotopic (exact) mass is 287 g/mol. The van der Waals surface area contributed by atoms with E-state index >= 15 is 0 Å². The largest absolute Gasteiger partial charge is 0.489 e. The Morgan fingerprint density at radius 2 is 2.00 bits per heavy atom. The molecule has 0 amide bonds. The number of ether oxygens (including phenoxy) is 1. The molecule has 0 bridgehead atoms. The smallest absolute Gasteiger partial charge is 0.122 e. The van der Waals surface area contributed by atoms with Crippen molar-refractivity contribution in [1.82, 2.24) is 5.32 Å². The molecule has 1 aromatic carbocycles. The highest BCUT2D eigenvalue weighted by Crippen LogP contribution is 2.54. The molecular formula is C19H29NO. The topological polar surface area (TPSA) is 21.3 Å². The summed E-state index contributed by atoms with van der Waals surface area (Å²) < 4.78 is 6.44. The molecule has 116 valence electrons. The third kappa shape index (κ3) is 2.70. The first-order valence-electron chi connectivity index (χ1n) is 8.63. The van der Waals surface area contributed by atoms with Gasteiger partial charge in [-0.15, -0.1) is 0 Å². The fraction of sp³-hybridized carbons (Fsp3) is 0.684. The molecule has 1 aromatic rings. The van der Waals surface area contributed by atoms with E-state index in [1.54, 1.807) is 0 Å². The molecule has 2 aliphatic rings. The highest BCUT2D eigenvalue weighted by atomic mass is 16.5. The molecule has 21 heavy (non-hydrogen) atoms. The van der Waals surface area contributed by atoms with E-state index in [0.29, 0.717) is 17.6 Å². The van der Waals surface area contributed by atoms with Gasteiger partial charge in [-0.05, 0) is 51.3 Å². The molecule has 1 N–H and O–H groups in total. The van der Waals surface area contributed by atoms with Crippen LogP contribution in [-0.4, -0.2) is 18.7 Å². The van der Waals surface area contributed by atoms with E-state index < -0.39 is 0 Å². The van der Waals surface area contributed by atoms with Crippen molar-refractivity contribution < 1.29 is 4.74 Å². The van der Waals surface area contributed by atoms with Crippen molar-refractivity contribution >= 4 is 0 Å².